The van der Waals surface area contributed by atoms with Crippen LogP contribution in [0.3, 0.4) is 0 Å². The average Bonchev–Trinajstić information content (AvgIpc) is 3.25. The van der Waals surface area contributed by atoms with Crippen LogP contribution >= 0.6 is 11.3 Å². The molecule has 0 spiro atoms. The number of anilines is 2. The molecule has 10 nitrogen and oxygen atoms in total. The number of nitrogens with one attached hydrogen (secondary N) is 4. The number of hydrogen-bond donors (Lipinski definition) is 4. The highest BCUT2D eigenvalue weighted by molar-refractivity contribution is 7.91. The van der Waals surface area contributed by atoms with Gasteiger partial charge in [-0.15, -0.1) is 11.3 Å². The van der Waals surface area contributed by atoms with Crippen LogP contribution in [0.15, 0.2) is 28.6 Å². The van der Waals surface area contributed by atoms with Crippen molar-refractivity contribution in [1.29, 1.82) is 0 Å². The Hall–Kier alpha value is -2.83. The number of amides is 1. The maximum absolute atomic E-state index is 12.5. The molecule has 4 rings (SSSR count). The summed E-state index contributed by atoms with van der Waals surface area (Å²) in [6.45, 7) is 3.60. The van der Waals surface area contributed by atoms with Gasteiger partial charge in [0.15, 0.2) is 11.6 Å². The maximum atomic E-state index is 12.5. The van der Waals surface area contributed by atoms with Gasteiger partial charge in [-0.1, -0.05) is 0 Å². The number of rotatable bonds is 9. The molecule has 4 N–H and O–H groups in total. The fourth-order valence-corrected chi connectivity index (χ4v) is 5.22. The quantitative estimate of drug-likeness (QED) is 0.358. The van der Waals surface area contributed by atoms with Gasteiger partial charge in [-0.3, -0.25) is 9.89 Å². The summed E-state index contributed by atoms with van der Waals surface area (Å²) in [4.78, 5) is 20.4. The number of hydrogen-bond acceptors (Lipinski definition) is 8. The highest BCUT2D eigenvalue weighted by Gasteiger charge is 2.25. The van der Waals surface area contributed by atoms with Gasteiger partial charge < -0.3 is 10.6 Å². The van der Waals surface area contributed by atoms with Gasteiger partial charge in [0, 0.05) is 49.5 Å². The van der Waals surface area contributed by atoms with Crippen molar-refractivity contribution in [3.05, 3.63) is 35.7 Å². The van der Waals surface area contributed by atoms with Crippen molar-refractivity contribution in [3.63, 3.8) is 0 Å². The van der Waals surface area contributed by atoms with Crippen LogP contribution in [0.4, 0.5) is 11.6 Å². The minimum absolute atomic E-state index is 0.108. The number of nitrogens with zero attached hydrogens (tertiary/aromatic N) is 3. The number of carbonyl (C=O) groups excluding carboxylic acids is 1. The third kappa shape index (κ3) is 5.27. The zero-order valence-electron chi connectivity index (χ0n) is 17.1. The van der Waals surface area contributed by atoms with Gasteiger partial charge >= 0.3 is 0 Å². The molecular formula is C19H23N7O3S2. The second-order valence-corrected chi connectivity index (χ2v) is 10.4. The fraction of sp³-hybridized carbons (Fsp3) is 0.368. The van der Waals surface area contributed by atoms with Crippen molar-refractivity contribution in [3.8, 4) is 10.7 Å². The van der Waals surface area contributed by atoms with Gasteiger partial charge in [0.05, 0.1) is 4.88 Å². The molecule has 164 valence electrons. The van der Waals surface area contributed by atoms with E-state index in [1.165, 1.54) is 25.8 Å². The Balaban J connectivity index is 1.47. The summed E-state index contributed by atoms with van der Waals surface area (Å²) in [5.41, 5.74) is 1.97. The molecule has 0 bridgehead atoms. The Kier molecular flexibility index (Phi) is 6.03. The van der Waals surface area contributed by atoms with Crippen LogP contribution < -0.4 is 15.4 Å². The minimum Gasteiger partial charge on any atom is -0.355 e. The Bertz CT molecular complexity index is 1200. The first-order valence-corrected chi connectivity index (χ1v) is 12.1. The highest BCUT2D eigenvalue weighted by atomic mass is 32.2. The lowest BCUT2D eigenvalue weighted by Crippen LogP contribution is -2.33. The predicted molar refractivity (Wildman–Crippen MR) is 118 cm³/mol. The molecule has 0 aliphatic heterocycles. The van der Waals surface area contributed by atoms with Gasteiger partial charge in [-0.25, -0.2) is 23.1 Å². The van der Waals surface area contributed by atoms with Crippen LogP contribution in [-0.2, 0) is 14.8 Å². The van der Waals surface area contributed by atoms with Gasteiger partial charge in [-0.05, 0) is 31.9 Å². The second kappa shape index (κ2) is 8.73. The molecule has 0 aromatic carbocycles. The molecule has 31 heavy (non-hydrogen) atoms. The van der Waals surface area contributed by atoms with E-state index >= 15 is 0 Å². The van der Waals surface area contributed by atoms with Crippen molar-refractivity contribution in [2.75, 3.05) is 18.4 Å². The van der Waals surface area contributed by atoms with E-state index < -0.39 is 10.0 Å². The van der Waals surface area contributed by atoms with Gasteiger partial charge in [0.2, 0.25) is 15.9 Å². The molecule has 3 aromatic rings. The van der Waals surface area contributed by atoms with E-state index in [0.29, 0.717) is 28.3 Å². The van der Waals surface area contributed by atoms with E-state index in [0.717, 1.165) is 22.6 Å². The molecule has 12 heteroatoms. The van der Waals surface area contributed by atoms with E-state index in [1.807, 2.05) is 13.0 Å². The molecule has 1 amide bonds. The summed E-state index contributed by atoms with van der Waals surface area (Å²) < 4.78 is 27.6. The van der Waals surface area contributed by atoms with Gasteiger partial charge in [-0.2, -0.15) is 5.10 Å². The first-order chi connectivity index (χ1) is 14.8. The van der Waals surface area contributed by atoms with Crippen LogP contribution in [-0.4, -0.2) is 47.6 Å². The van der Waals surface area contributed by atoms with Crippen LogP contribution in [0.2, 0.25) is 0 Å². The van der Waals surface area contributed by atoms with Crippen LogP contribution in [0, 0.1) is 6.92 Å². The van der Waals surface area contributed by atoms with Crippen molar-refractivity contribution >= 4 is 38.9 Å². The van der Waals surface area contributed by atoms with Crippen molar-refractivity contribution < 1.29 is 13.2 Å². The Labute approximate surface area is 184 Å². The number of aromatic nitrogens is 4. The smallest absolute Gasteiger partial charge is 0.250 e. The number of H-pyrrole nitrogens is 1. The zero-order valence-corrected chi connectivity index (χ0v) is 18.7. The molecule has 1 fully saturated rings. The summed E-state index contributed by atoms with van der Waals surface area (Å²) in [7, 11) is -3.68. The lowest BCUT2D eigenvalue weighted by atomic mass is 10.3. The lowest BCUT2D eigenvalue weighted by Gasteiger charge is -2.07. The molecule has 3 heterocycles. The summed E-state index contributed by atoms with van der Waals surface area (Å²) >= 11 is 1.08. The van der Waals surface area contributed by atoms with Crippen LogP contribution in [0.25, 0.3) is 10.7 Å². The van der Waals surface area contributed by atoms with E-state index in [-0.39, 0.29) is 23.2 Å². The standard InChI is InChI=1S/C19H23N7O3S2/c1-11-10-21-19(24-18(11)23-16-9-14(25-26-16)13-3-4-13)15-5-6-17(30-15)31(28,29)22-8-7-20-12(2)27/h5-6,9-10,13,22H,3-4,7-8H2,1-2H3,(H,20,27)(H2,21,23,24,25,26). The summed E-state index contributed by atoms with van der Waals surface area (Å²) in [5.74, 6) is 2.09. The van der Waals surface area contributed by atoms with E-state index in [2.05, 4.69) is 35.5 Å². The van der Waals surface area contributed by atoms with Gasteiger partial charge in [0.25, 0.3) is 0 Å². The minimum atomic E-state index is -3.68. The molecule has 1 aliphatic rings. The van der Waals surface area contributed by atoms with Crippen molar-refractivity contribution in [2.45, 2.75) is 36.8 Å². The summed E-state index contributed by atoms with van der Waals surface area (Å²) in [6, 6.07) is 5.19. The van der Waals surface area contributed by atoms with Crippen molar-refractivity contribution in [2.24, 2.45) is 0 Å². The Morgan fingerprint density at radius 1 is 1.29 bits per heavy atom. The van der Waals surface area contributed by atoms with Crippen LogP contribution in [0.1, 0.15) is 36.9 Å². The Morgan fingerprint density at radius 3 is 2.84 bits per heavy atom. The molecule has 3 aromatic heterocycles. The maximum Gasteiger partial charge on any atom is 0.250 e. The zero-order chi connectivity index (χ0) is 22.0. The second-order valence-electron chi connectivity index (χ2n) is 7.33. The molecule has 1 saturated carbocycles. The van der Waals surface area contributed by atoms with E-state index in [9.17, 15) is 13.2 Å². The Morgan fingerprint density at radius 2 is 2.10 bits per heavy atom. The monoisotopic (exact) mass is 461 g/mol. The summed E-state index contributed by atoms with van der Waals surface area (Å²) in [6.07, 6.45) is 4.06. The molecule has 1 aliphatic carbocycles. The van der Waals surface area contributed by atoms with Crippen LogP contribution in [0.5, 0.6) is 0 Å². The topological polar surface area (TPSA) is 142 Å². The average molecular weight is 462 g/mol. The summed E-state index contributed by atoms with van der Waals surface area (Å²) in [5, 5.41) is 13.1. The largest absolute Gasteiger partial charge is 0.355 e. The molecular weight excluding hydrogens is 438 g/mol. The number of thiophene rings is 1. The number of sulfonamides is 1. The molecule has 0 saturated heterocycles. The van der Waals surface area contributed by atoms with E-state index in [1.54, 1.807) is 12.3 Å². The van der Waals surface area contributed by atoms with Gasteiger partial charge in [0.1, 0.15) is 10.0 Å². The normalized spacial score (nSPS) is 13.9. The first-order valence-electron chi connectivity index (χ1n) is 9.82. The first kappa shape index (κ1) is 21.4. The third-order valence-corrected chi connectivity index (χ3v) is 7.72. The number of carbonyl (C=O) groups is 1. The van der Waals surface area contributed by atoms with E-state index in [4.69, 9.17) is 0 Å². The molecule has 0 radical (unpaired) electrons. The lowest BCUT2D eigenvalue weighted by molar-refractivity contribution is -0.118. The SMILES string of the molecule is CC(=O)NCCNS(=O)(=O)c1ccc(-c2ncc(C)c(Nc3cc(C4CC4)[nH]n3)n2)s1. The number of aryl methyl sites for hydroxylation is 1. The molecule has 0 unspecified atom stereocenters. The third-order valence-electron chi connectivity index (χ3n) is 4.69. The molecule has 0 atom stereocenters. The fourth-order valence-electron chi connectivity index (χ4n) is 2.89. The predicted octanol–water partition coefficient (Wildman–Crippen LogP) is 2.27. The highest BCUT2D eigenvalue weighted by Crippen LogP contribution is 2.39. The van der Waals surface area contributed by atoms with Crippen molar-refractivity contribution in [1.82, 2.24) is 30.2 Å². The number of aromatic amines is 1.